The van der Waals surface area contributed by atoms with E-state index in [2.05, 4.69) is 0 Å². The number of hydrogen-bond donors (Lipinski definition) is 2. The number of rotatable bonds is 2. The molecule has 0 radical (unpaired) electrons. The van der Waals surface area contributed by atoms with Gasteiger partial charge < -0.3 is 10.2 Å². The van der Waals surface area contributed by atoms with Crippen molar-refractivity contribution in [3.63, 3.8) is 0 Å². The molecule has 0 unspecified atom stereocenters. The third-order valence-corrected chi connectivity index (χ3v) is 3.62. The van der Waals surface area contributed by atoms with Gasteiger partial charge in [0.25, 0.3) is 0 Å². The molecule has 2 N–H and O–H groups in total. The van der Waals surface area contributed by atoms with Crippen molar-refractivity contribution in [2.45, 2.75) is 37.5 Å². The van der Waals surface area contributed by atoms with E-state index in [1.165, 1.54) is 12.1 Å². The van der Waals surface area contributed by atoms with Crippen LogP contribution >= 0.6 is 0 Å². The summed E-state index contributed by atoms with van der Waals surface area (Å²) in [6.07, 6.45) is 3.49. The van der Waals surface area contributed by atoms with Crippen LogP contribution in [0.25, 0.3) is 0 Å². The lowest BCUT2D eigenvalue weighted by atomic mass is 9.69. The van der Waals surface area contributed by atoms with Crippen LogP contribution in [0.5, 0.6) is 5.75 Å². The summed E-state index contributed by atoms with van der Waals surface area (Å²) in [6, 6.07) is 4.10. The van der Waals surface area contributed by atoms with Crippen molar-refractivity contribution in [3.8, 4) is 5.75 Å². The summed E-state index contributed by atoms with van der Waals surface area (Å²) >= 11 is 0. The average molecular weight is 238 g/mol. The first-order chi connectivity index (χ1) is 8.08. The van der Waals surface area contributed by atoms with Gasteiger partial charge in [0.2, 0.25) is 0 Å². The lowest BCUT2D eigenvalue weighted by molar-refractivity contribution is -0.145. The minimum Gasteiger partial charge on any atom is -0.505 e. The second kappa shape index (κ2) is 4.35. The SMILES string of the molecule is O=C(O)C1(c2cccc(F)c2O)CCCCC1. The summed E-state index contributed by atoms with van der Waals surface area (Å²) in [5.41, 5.74) is -0.908. The average Bonchev–Trinajstić information content (AvgIpc) is 2.33. The van der Waals surface area contributed by atoms with Crippen molar-refractivity contribution in [2.24, 2.45) is 0 Å². The first-order valence-electron chi connectivity index (χ1n) is 5.79. The van der Waals surface area contributed by atoms with Crippen LogP contribution in [0.1, 0.15) is 37.7 Å². The number of halogens is 1. The van der Waals surface area contributed by atoms with Crippen molar-refractivity contribution in [1.29, 1.82) is 0 Å². The lowest BCUT2D eigenvalue weighted by Crippen LogP contribution is -2.38. The normalized spacial score (nSPS) is 18.9. The van der Waals surface area contributed by atoms with Gasteiger partial charge in [0.05, 0.1) is 5.41 Å². The maximum atomic E-state index is 13.3. The highest BCUT2D eigenvalue weighted by atomic mass is 19.1. The Bertz CT molecular complexity index is 436. The smallest absolute Gasteiger partial charge is 0.314 e. The lowest BCUT2D eigenvalue weighted by Gasteiger charge is -2.34. The van der Waals surface area contributed by atoms with Gasteiger partial charge in [-0.15, -0.1) is 0 Å². The minimum atomic E-state index is -1.12. The van der Waals surface area contributed by atoms with E-state index in [1.54, 1.807) is 0 Å². The van der Waals surface area contributed by atoms with Crippen LogP contribution in [0, 0.1) is 5.82 Å². The molecule has 1 aromatic carbocycles. The Balaban J connectivity index is 2.53. The number of carbonyl (C=O) groups is 1. The molecule has 1 aliphatic rings. The third-order valence-electron chi connectivity index (χ3n) is 3.62. The van der Waals surface area contributed by atoms with E-state index in [0.29, 0.717) is 12.8 Å². The highest BCUT2D eigenvalue weighted by Crippen LogP contribution is 2.43. The predicted octanol–water partition coefficient (Wildman–Crippen LogP) is 2.82. The molecular formula is C13H15FO3. The molecule has 1 fully saturated rings. The van der Waals surface area contributed by atoms with Gasteiger partial charge in [-0.3, -0.25) is 4.79 Å². The van der Waals surface area contributed by atoms with Crippen molar-refractivity contribution in [1.82, 2.24) is 0 Å². The van der Waals surface area contributed by atoms with Gasteiger partial charge in [0.1, 0.15) is 0 Å². The molecular weight excluding hydrogens is 223 g/mol. The summed E-state index contributed by atoms with van der Waals surface area (Å²) in [5, 5.41) is 19.1. The minimum absolute atomic E-state index is 0.213. The molecule has 0 atom stereocenters. The maximum Gasteiger partial charge on any atom is 0.314 e. The van der Waals surface area contributed by atoms with Crippen LogP contribution in [0.15, 0.2) is 18.2 Å². The number of hydrogen-bond acceptors (Lipinski definition) is 2. The molecule has 0 heterocycles. The predicted molar refractivity (Wildman–Crippen MR) is 60.5 cm³/mol. The number of carboxylic acid groups (broad SMARTS) is 1. The summed E-state index contributed by atoms with van der Waals surface area (Å²) < 4.78 is 13.3. The summed E-state index contributed by atoms with van der Waals surface area (Å²) in [6.45, 7) is 0. The van der Waals surface area contributed by atoms with E-state index in [4.69, 9.17) is 0 Å². The van der Waals surface area contributed by atoms with Gasteiger partial charge in [-0.05, 0) is 18.9 Å². The molecule has 0 spiro atoms. The van der Waals surface area contributed by atoms with E-state index in [9.17, 15) is 19.4 Å². The molecule has 1 saturated carbocycles. The number of aliphatic carboxylic acids is 1. The van der Waals surface area contributed by atoms with Crippen LogP contribution in [0.4, 0.5) is 4.39 Å². The van der Waals surface area contributed by atoms with Crippen LogP contribution in [-0.2, 0) is 10.2 Å². The second-order valence-electron chi connectivity index (χ2n) is 4.58. The summed E-state index contributed by atoms with van der Waals surface area (Å²) in [5.74, 6) is -2.25. The Hall–Kier alpha value is -1.58. The molecule has 1 aliphatic carbocycles. The van der Waals surface area contributed by atoms with Gasteiger partial charge in [-0.25, -0.2) is 4.39 Å². The first kappa shape index (κ1) is 11.9. The zero-order valence-electron chi connectivity index (χ0n) is 9.45. The molecule has 0 bridgehead atoms. The number of phenols is 1. The van der Waals surface area contributed by atoms with Gasteiger partial charge in [0.15, 0.2) is 11.6 Å². The fourth-order valence-corrected chi connectivity index (χ4v) is 2.66. The summed E-state index contributed by atoms with van der Waals surface area (Å²) in [4.78, 5) is 11.5. The molecule has 92 valence electrons. The molecule has 1 aromatic rings. The fraction of sp³-hybridized carbons (Fsp3) is 0.462. The molecule has 17 heavy (non-hydrogen) atoms. The van der Waals surface area contributed by atoms with Crippen LogP contribution < -0.4 is 0 Å². The Kier molecular flexibility index (Phi) is 3.05. The Morgan fingerprint density at radius 3 is 2.47 bits per heavy atom. The monoisotopic (exact) mass is 238 g/mol. The molecule has 0 aliphatic heterocycles. The van der Waals surface area contributed by atoms with Crippen LogP contribution in [0.3, 0.4) is 0 Å². The van der Waals surface area contributed by atoms with E-state index >= 15 is 0 Å². The van der Waals surface area contributed by atoms with Crippen LogP contribution in [0.2, 0.25) is 0 Å². The zero-order chi connectivity index (χ0) is 12.5. The molecule has 0 aromatic heterocycles. The molecule has 0 amide bonds. The van der Waals surface area contributed by atoms with Crippen molar-refractivity contribution in [3.05, 3.63) is 29.6 Å². The van der Waals surface area contributed by atoms with Gasteiger partial charge in [0, 0.05) is 5.56 Å². The van der Waals surface area contributed by atoms with Gasteiger partial charge in [-0.1, -0.05) is 31.4 Å². The molecule has 2 rings (SSSR count). The Morgan fingerprint density at radius 1 is 1.24 bits per heavy atom. The number of aromatic hydroxyl groups is 1. The third kappa shape index (κ3) is 1.88. The fourth-order valence-electron chi connectivity index (χ4n) is 2.66. The van der Waals surface area contributed by atoms with E-state index < -0.39 is 23.0 Å². The van der Waals surface area contributed by atoms with E-state index in [1.807, 2.05) is 0 Å². The summed E-state index contributed by atoms with van der Waals surface area (Å²) in [7, 11) is 0. The van der Waals surface area contributed by atoms with Gasteiger partial charge in [-0.2, -0.15) is 0 Å². The standard InChI is InChI=1S/C13H15FO3/c14-10-6-4-5-9(11(10)15)13(12(16)17)7-2-1-3-8-13/h4-6,15H,1-3,7-8H2,(H,16,17). The van der Waals surface area contributed by atoms with E-state index in [0.717, 1.165) is 25.3 Å². The van der Waals surface area contributed by atoms with Crippen molar-refractivity contribution in [2.75, 3.05) is 0 Å². The van der Waals surface area contributed by atoms with Crippen molar-refractivity contribution >= 4 is 5.97 Å². The van der Waals surface area contributed by atoms with Gasteiger partial charge >= 0.3 is 5.97 Å². The van der Waals surface area contributed by atoms with Crippen LogP contribution in [-0.4, -0.2) is 16.2 Å². The van der Waals surface area contributed by atoms with Crippen molar-refractivity contribution < 1.29 is 19.4 Å². The zero-order valence-corrected chi connectivity index (χ0v) is 9.45. The quantitative estimate of drug-likeness (QED) is 0.832. The Morgan fingerprint density at radius 2 is 1.88 bits per heavy atom. The first-order valence-corrected chi connectivity index (χ1v) is 5.79. The number of carboxylic acids is 1. The Labute approximate surface area is 98.9 Å². The molecule has 3 nitrogen and oxygen atoms in total. The largest absolute Gasteiger partial charge is 0.505 e. The number of para-hydroxylation sites is 1. The van der Waals surface area contributed by atoms with E-state index in [-0.39, 0.29) is 5.56 Å². The number of benzene rings is 1. The second-order valence-corrected chi connectivity index (χ2v) is 4.58. The molecule has 0 saturated heterocycles. The molecule has 4 heteroatoms. The highest BCUT2D eigenvalue weighted by molar-refractivity contribution is 5.82. The highest BCUT2D eigenvalue weighted by Gasteiger charge is 2.43. The topological polar surface area (TPSA) is 57.5 Å². The number of phenolic OH excluding ortho intramolecular Hbond substituents is 1. The maximum absolute atomic E-state index is 13.3.